The molecule has 2 aliphatic heterocycles. The number of carbonyl (C=O) groups excluding carboxylic acids is 2. The molecule has 2 aliphatic rings. The molecule has 0 aliphatic carbocycles. The standard InChI is InChI=1S/C23H27N3O2/c27-22-15-19(17-26(22)16-18-9-3-1-4-10-18)23(28)24-20-11-5-6-12-21(20)25-13-7-2-8-14-25/h1,3-6,9-12,19H,2,7-8,13-17H2,(H,24,28)/t19-/m0/s1. The van der Waals surface area contributed by atoms with E-state index in [1.807, 2.05) is 48.5 Å². The first-order chi connectivity index (χ1) is 13.7. The van der Waals surface area contributed by atoms with Gasteiger partial charge in [-0.3, -0.25) is 9.59 Å². The number of para-hydroxylation sites is 2. The van der Waals surface area contributed by atoms with Gasteiger partial charge in [-0.15, -0.1) is 0 Å². The van der Waals surface area contributed by atoms with E-state index in [0.717, 1.165) is 30.0 Å². The van der Waals surface area contributed by atoms with Gasteiger partial charge in [-0.05, 0) is 37.0 Å². The minimum absolute atomic E-state index is 0.0494. The van der Waals surface area contributed by atoms with Crippen LogP contribution in [-0.2, 0) is 16.1 Å². The van der Waals surface area contributed by atoms with Gasteiger partial charge >= 0.3 is 0 Å². The zero-order chi connectivity index (χ0) is 19.3. The van der Waals surface area contributed by atoms with E-state index < -0.39 is 0 Å². The lowest BCUT2D eigenvalue weighted by Gasteiger charge is -2.30. The molecule has 2 fully saturated rings. The van der Waals surface area contributed by atoms with Crippen LogP contribution in [0.1, 0.15) is 31.2 Å². The summed E-state index contributed by atoms with van der Waals surface area (Å²) in [6.45, 7) is 3.10. The Morgan fingerprint density at radius 3 is 2.46 bits per heavy atom. The first-order valence-corrected chi connectivity index (χ1v) is 10.2. The minimum Gasteiger partial charge on any atom is -0.370 e. The molecule has 5 nitrogen and oxygen atoms in total. The van der Waals surface area contributed by atoms with Crippen molar-refractivity contribution in [3.63, 3.8) is 0 Å². The second-order valence-corrected chi connectivity index (χ2v) is 7.72. The van der Waals surface area contributed by atoms with Gasteiger partial charge in [-0.2, -0.15) is 0 Å². The van der Waals surface area contributed by atoms with Gasteiger partial charge in [0.2, 0.25) is 11.8 Å². The van der Waals surface area contributed by atoms with E-state index in [2.05, 4.69) is 16.3 Å². The van der Waals surface area contributed by atoms with Crippen LogP contribution in [0.25, 0.3) is 0 Å². The Labute approximate surface area is 166 Å². The van der Waals surface area contributed by atoms with Gasteiger partial charge in [0, 0.05) is 32.6 Å². The summed E-state index contributed by atoms with van der Waals surface area (Å²) in [6.07, 6.45) is 3.93. The van der Waals surface area contributed by atoms with Crippen LogP contribution in [0.3, 0.4) is 0 Å². The summed E-state index contributed by atoms with van der Waals surface area (Å²) in [5, 5.41) is 3.10. The van der Waals surface area contributed by atoms with Gasteiger partial charge in [-0.1, -0.05) is 42.5 Å². The molecule has 146 valence electrons. The Morgan fingerprint density at radius 2 is 1.68 bits per heavy atom. The number of rotatable bonds is 5. The van der Waals surface area contributed by atoms with Crippen molar-refractivity contribution in [3.05, 3.63) is 60.2 Å². The summed E-state index contributed by atoms with van der Waals surface area (Å²) in [5.41, 5.74) is 3.02. The third-order valence-electron chi connectivity index (χ3n) is 5.66. The smallest absolute Gasteiger partial charge is 0.229 e. The predicted octanol–water partition coefficient (Wildman–Crippen LogP) is 3.66. The van der Waals surface area contributed by atoms with Gasteiger partial charge in [0.25, 0.3) is 0 Å². The van der Waals surface area contributed by atoms with Gasteiger partial charge < -0.3 is 15.1 Å². The number of benzene rings is 2. The molecule has 2 aromatic carbocycles. The van der Waals surface area contributed by atoms with E-state index in [1.165, 1.54) is 19.3 Å². The number of anilines is 2. The highest BCUT2D eigenvalue weighted by molar-refractivity contribution is 5.99. The van der Waals surface area contributed by atoms with Crippen LogP contribution in [0, 0.1) is 5.92 Å². The van der Waals surface area contributed by atoms with Crippen molar-refractivity contribution in [2.75, 3.05) is 29.9 Å². The Hall–Kier alpha value is -2.82. The monoisotopic (exact) mass is 377 g/mol. The van der Waals surface area contributed by atoms with Crippen LogP contribution in [0.4, 0.5) is 11.4 Å². The van der Waals surface area contributed by atoms with Crippen molar-refractivity contribution in [2.24, 2.45) is 5.92 Å². The molecule has 2 heterocycles. The molecule has 0 aromatic heterocycles. The van der Waals surface area contributed by atoms with E-state index in [0.29, 0.717) is 13.1 Å². The van der Waals surface area contributed by atoms with Crippen LogP contribution in [0.2, 0.25) is 0 Å². The van der Waals surface area contributed by atoms with Crippen molar-refractivity contribution in [3.8, 4) is 0 Å². The molecule has 0 saturated carbocycles. The summed E-state index contributed by atoms with van der Waals surface area (Å²) in [5.74, 6) is -0.313. The average molecular weight is 377 g/mol. The van der Waals surface area contributed by atoms with Crippen LogP contribution in [0.5, 0.6) is 0 Å². The maximum absolute atomic E-state index is 12.9. The molecule has 0 bridgehead atoms. The number of nitrogens with zero attached hydrogens (tertiary/aromatic N) is 2. The molecule has 0 radical (unpaired) electrons. The van der Waals surface area contributed by atoms with E-state index in [-0.39, 0.29) is 24.2 Å². The SMILES string of the molecule is O=C(Nc1ccccc1N1CCCCC1)[C@H]1CC(=O)N(Cc2ccccc2)C1. The molecule has 2 amide bonds. The lowest BCUT2D eigenvalue weighted by Crippen LogP contribution is -2.31. The lowest BCUT2D eigenvalue weighted by molar-refractivity contribution is -0.128. The van der Waals surface area contributed by atoms with Crippen LogP contribution < -0.4 is 10.2 Å². The molecule has 2 aromatic rings. The zero-order valence-electron chi connectivity index (χ0n) is 16.1. The largest absolute Gasteiger partial charge is 0.370 e. The summed E-state index contributed by atoms with van der Waals surface area (Å²) in [4.78, 5) is 29.4. The lowest BCUT2D eigenvalue weighted by atomic mass is 10.1. The Balaban J connectivity index is 1.41. The summed E-state index contributed by atoms with van der Waals surface area (Å²) in [6, 6.07) is 17.9. The Bertz CT molecular complexity index is 831. The predicted molar refractivity (Wildman–Crippen MR) is 111 cm³/mol. The highest BCUT2D eigenvalue weighted by atomic mass is 16.2. The third-order valence-corrected chi connectivity index (χ3v) is 5.66. The fourth-order valence-electron chi connectivity index (χ4n) is 4.13. The molecular formula is C23H27N3O2. The Kier molecular flexibility index (Phi) is 5.60. The first kappa shape index (κ1) is 18.5. The number of likely N-dealkylation sites (tertiary alicyclic amines) is 1. The van der Waals surface area contributed by atoms with Crippen LogP contribution >= 0.6 is 0 Å². The Morgan fingerprint density at radius 1 is 0.964 bits per heavy atom. The number of amides is 2. The van der Waals surface area contributed by atoms with Gasteiger partial charge in [0.15, 0.2) is 0 Å². The minimum atomic E-state index is -0.300. The fraction of sp³-hybridized carbons (Fsp3) is 0.391. The van der Waals surface area contributed by atoms with Gasteiger partial charge in [0.05, 0.1) is 17.3 Å². The van der Waals surface area contributed by atoms with E-state index in [1.54, 1.807) is 4.90 Å². The molecular weight excluding hydrogens is 350 g/mol. The normalized spacial score (nSPS) is 19.7. The van der Waals surface area contributed by atoms with Gasteiger partial charge in [-0.25, -0.2) is 0 Å². The highest BCUT2D eigenvalue weighted by Crippen LogP contribution is 2.29. The number of piperidine rings is 1. The molecule has 28 heavy (non-hydrogen) atoms. The van der Waals surface area contributed by atoms with Crippen LogP contribution in [0.15, 0.2) is 54.6 Å². The van der Waals surface area contributed by atoms with Crippen LogP contribution in [-0.4, -0.2) is 36.3 Å². The van der Waals surface area contributed by atoms with Crippen molar-refractivity contribution in [1.82, 2.24) is 4.90 Å². The molecule has 0 spiro atoms. The summed E-state index contributed by atoms with van der Waals surface area (Å²) < 4.78 is 0. The van der Waals surface area contributed by atoms with E-state index in [9.17, 15) is 9.59 Å². The number of nitrogens with one attached hydrogen (secondary N) is 1. The number of hydrogen-bond acceptors (Lipinski definition) is 3. The summed E-state index contributed by atoms with van der Waals surface area (Å²) >= 11 is 0. The van der Waals surface area contributed by atoms with Crippen molar-refractivity contribution >= 4 is 23.2 Å². The number of carbonyl (C=O) groups is 2. The number of hydrogen-bond donors (Lipinski definition) is 1. The fourth-order valence-corrected chi connectivity index (χ4v) is 4.13. The highest BCUT2D eigenvalue weighted by Gasteiger charge is 2.34. The molecule has 1 N–H and O–H groups in total. The molecule has 4 rings (SSSR count). The second-order valence-electron chi connectivity index (χ2n) is 7.72. The summed E-state index contributed by atoms with van der Waals surface area (Å²) in [7, 11) is 0. The van der Waals surface area contributed by atoms with Crippen molar-refractivity contribution in [2.45, 2.75) is 32.2 Å². The van der Waals surface area contributed by atoms with Crippen molar-refractivity contribution in [1.29, 1.82) is 0 Å². The van der Waals surface area contributed by atoms with Crippen molar-refractivity contribution < 1.29 is 9.59 Å². The quantitative estimate of drug-likeness (QED) is 0.865. The molecule has 0 unspecified atom stereocenters. The third kappa shape index (κ3) is 4.19. The molecule has 5 heteroatoms. The molecule has 1 atom stereocenters. The molecule has 2 saturated heterocycles. The maximum Gasteiger partial charge on any atom is 0.229 e. The first-order valence-electron chi connectivity index (χ1n) is 10.2. The zero-order valence-corrected chi connectivity index (χ0v) is 16.1. The topological polar surface area (TPSA) is 52.7 Å². The van der Waals surface area contributed by atoms with Gasteiger partial charge in [0.1, 0.15) is 0 Å². The van der Waals surface area contributed by atoms with E-state index >= 15 is 0 Å². The van der Waals surface area contributed by atoms with E-state index in [4.69, 9.17) is 0 Å². The maximum atomic E-state index is 12.9. The average Bonchev–Trinajstić information content (AvgIpc) is 3.10. The second kappa shape index (κ2) is 8.46.